The van der Waals surface area contributed by atoms with Crippen LogP contribution in [0.1, 0.15) is 39.5 Å². The molecule has 1 saturated heterocycles. The van der Waals surface area contributed by atoms with Crippen LogP contribution < -0.4 is 5.73 Å². The minimum absolute atomic E-state index is 0.0504. The Labute approximate surface area is 111 Å². The molecule has 2 nitrogen and oxygen atoms in total. The van der Waals surface area contributed by atoms with Gasteiger partial charge in [-0.05, 0) is 31.3 Å². The summed E-state index contributed by atoms with van der Waals surface area (Å²) in [5.41, 5.74) is 7.96. The molecule has 1 fully saturated rings. The van der Waals surface area contributed by atoms with Gasteiger partial charge in [0.2, 0.25) is 0 Å². The highest BCUT2D eigenvalue weighted by molar-refractivity contribution is 5.30. The van der Waals surface area contributed by atoms with E-state index in [1.165, 1.54) is 38.0 Å². The topological polar surface area (TPSA) is 29.3 Å². The Bertz CT molecular complexity index is 373. The highest BCUT2D eigenvalue weighted by Gasteiger charge is 2.26. The van der Waals surface area contributed by atoms with Crippen molar-refractivity contribution in [3.63, 3.8) is 0 Å². The minimum atomic E-state index is -0.0504. The lowest BCUT2D eigenvalue weighted by atomic mass is 9.80. The highest BCUT2D eigenvalue weighted by Crippen LogP contribution is 2.35. The summed E-state index contributed by atoms with van der Waals surface area (Å²) in [5.74, 6) is 0.934. The van der Waals surface area contributed by atoms with Gasteiger partial charge in [-0.1, -0.05) is 39.0 Å². The van der Waals surface area contributed by atoms with Crippen molar-refractivity contribution in [2.75, 3.05) is 13.1 Å². The van der Waals surface area contributed by atoms with Gasteiger partial charge in [0, 0.05) is 29.9 Å². The van der Waals surface area contributed by atoms with Gasteiger partial charge < -0.3 is 10.6 Å². The molecule has 0 aromatic carbocycles. The minimum Gasteiger partial charge on any atom is -0.402 e. The molecule has 1 heterocycles. The Morgan fingerprint density at radius 1 is 1.50 bits per heavy atom. The van der Waals surface area contributed by atoms with E-state index in [1.54, 1.807) is 0 Å². The predicted molar refractivity (Wildman–Crippen MR) is 77.9 cm³/mol. The Balaban J connectivity index is 1.96. The normalized spacial score (nSPS) is 29.2. The second-order valence-corrected chi connectivity index (χ2v) is 5.95. The molecule has 0 aromatic heterocycles. The summed E-state index contributed by atoms with van der Waals surface area (Å²) >= 11 is 0. The first-order valence-electron chi connectivity index (χ1n) is 7.14. The number of nitrogens with zero attached hydrogens (tertiary/aromatic N) is 1. The van der Waals surface area contributed by atoms with Crippen molar-refractivity contribution in [3.8, 4) is 0 Å². The molecule has 0 radical (unpaired) electrons. The zero-order valence-electron chi connectivity index (χ0n) is 11.8. The molecule has 0 amide bonds. The lowest BCUT2D eigenvalue weighted by Gasteiger charge is -2.37. The summed E-state index contributed by atoms with van der Waals surface area (Å²) < 4.78 is 0. The number of hydrogen-bond acceptors (Lipinski definition) is 2. The molecule has 1 atom stereocenters. The summed E-state index contributed by atoms with van der Waals surface area (Å²) in [5, 5.41) is 0. The number of rotatable bonds is 3. The fourth-order valence-corrected chi connectivity index (χ4v) is 2.79. The SMILES string of the molecule is C=C(N)C1(C)C=CC(N2CCC(CC)CC2)=CC1. The average molecular weight is 246 g/mol. The maximum atomic E-state index is 5.87. The standard InChI is InChI=1S/C16H26N2/c1-4-14-7-11-18(12-8-14)15-5-9-16(3,10-6-15)13(2)17/h5-6,9,14H,2,4,7-8,10-12,17H2,1,3H3. The van der Waals surface area contributed by atoms with Gasteiger partial charge in [-0.2, -0.15) is 0 Å². The molecule has 2 N–H and O–H groups in total. The molecule has 0 saturated carbocycles. The van der Waals surface area contributed by atoms with Crippen LogP contribution in [0.3, 0.4) is 0 Å². The molecular formula is C16H26N2. The van der Waals surface area contributed by atoms with Crippen molar-refractivity contribution >= 4 is 0 Å². The van der Waals surface area contributed by atoms with Gasteiger partial charge in [-0.15, -0.1) is 0 Å². The monoisotopic (exact) mass is 246 g/mol. The van der Waals surface area contributed by atoms with Gasteiger partial charge in [0.15, 0.2) is 0 Å². The largest absolute Gasteiger partial charge is 0.402 e. The van der Waals surface area contributed by atoms with E-state index in [-0.39, 0.29) is 5.41 Å². The number of piperidine rings is 1. The van der Waals surface area contributed by atoms with E-state index in [1.807, 2.05) is 0 Å². The molecule has 1 unspecified atom stereocenters. The molecular weight excluding hydrogens is 220 g/mol. The average Bonchev–Trinajstić information content (AvgIpc) is 2.40. The maximum absolute atomic E-state index is 5.87. The van der Waals surface area contributed by atoms with Crippen LogP contribution in [0.5, 0.6) is 0 Å². The number of allylic oxidation sites excluding steroid dienone is 3. The zero-order valence-corrected chi connectivity index (χ0v) is 11.8. The van der Waals surface area contributed by atoms with Gasteiger partial charge >= 0.3 is 0 Å². The summed E-state index contributed by atoms with van der Waals surface area (Å²) in [4.78, 5) is 2.52. The van der Waals surface area contributed by atoms with Crippen molar-refractivity contribution < 1.29 is 0 Å². The van der Waals surface area contributed by atoms with Crippen molar-refractivity contribution in [2.45, 2.75) is 39.5 Å². The molecule has 2 heteroatoms. The van der Waals surface area contributed by atoms with E-state index in [0.717, 1.165) is 18.0 Å². The molecule has 2 rings (SSSR count). The third kappa shape index (κ3) is 2.63. The lowest BCUT2D eigenvalue weighted by molar-refractivity contribution is 0.226. The van der Waals surface area contributed by atoms with Crippen LogP contribution in [0.4, 0.5) is 0 Å². The summed E-state index contributed by atoms with van der Waals surface area (Å²) in [6.45, 7) is 10.8. The van der Waals surface area contributed by atoms with Crippen molar-refractivity contribution in [1.82, 2.24) is 4.90 Å². The van der Waals surface area contributed by atoms with E-state index >= 15 is 0 Å². The Hall–Kier alpha value is -1.18. The fraction of sp³-hybridized carbons (Fsp3) is 0.625. The van der Waals surface area contributed by atoms with Crippen LogP contribution in [0.2, 0.25) is 0 Å². The molecule has 100 valence electrons. The second kappa shape index (κ2) is 5.21. The number of nitrogens with two attached hydrogens (primary N) is 1. The Kier molecular flexibility index (Phi) is 3.84. The predicted octanol–water partition coefficient (Wildman–Crippen LogP) is 3.43. The van der Waals surface area contributed by atoms with Gasteiger partial charge in [0.1, 0.15) is 0 Å². The van der Waals surface area contributed by atoms with Crippen LogP contribution >= 0.6 is 0 Å². The zero-order chi connectivity index (χ0) is 13.2. The van der Waals surface area contributed by atoms with Gasteiger partial charge in [-0.3, -0.25) is 0 Å². The summed E-state index contributed by atoms with van der Waals surface area (Å²) in [6.07, 6.45) is 11.7. The van der Waals surface area contributed by atoms with Crippen molar-refractivity contribution in [3.05, 3.63) is 36.2 Å². The summed E-state index contributed by atoms with van der Waals surface area (Å²) in [6, 6.07) is 0. The number of hydrogen-bond donors (Lipinski definition) is 1. The van der Waals surface area contributed by atoms with E-state index in [0.29, 0.717) is 0 Å². The van der Waals surface area contributed by atoms with Gasteiger partial charge in [0.05, 0.1) is 0 Å². The number of likely N-dealkylation sites (tertiary alicyclic amines) is 1. The Morgan fingerprint density at radius 3 is 2.61 bits per heavy atom. The highest BCUT2D eigenvalue weighted by atomic mass is 15.1. The molecule has 1 aliphatic carbocycles. The molecule has 2 aliphatic rings. The molecule has 0 spiro atoms. The molecule has 0 bridgehead atoms. The first-order valence-corrected chi connectivity index (χ1v) is 7.14. The maximum Gasteiger partial charge on any atom is 0.0323 e. The van der Waals surface area contributed by atoms with Gasteiger partial charge in [0.25, 0.3) is 0 Å². The van der Waals surface area contributed by atoms with Crippen LogP contribution in [-0.4, -0.2) is 18.0 Å². The first kappa shape index (κ1) is 13.3. The third-order valence-electron chi connectivity index (χ3n) is 4.65. The van der Waals surface area contributed by atoms with E-state index < -0.39 is 0 Å². The van der Waals surface area contributed by atoms with E-state index in [9.17, 15) is 0 Å². The van der Waals surface area contributed by atoms with Crippen LogP contribution in [0.25, 0.3) is 0 Å². The second-order valence-electron chi connectivity index (χ2n) is 5.95. The van der Waals surface area contributed by atoms with Crippen molar-refractivity contribution in [2.24, 2.45) is 17.1 Å². The lowest BCUT2D eigenvalue weighted by Crippen LogP contribution is -2.34. The molecule has 18 heavy (non-hydrogen) atoms. The molecule has 0 aromatic rings. The third-order valence-corrected chi connectivity index (χ3v) is 4.65. The first-order chi connectivity index (χ1) is 8.55. The summed E-state index contributed by atoms with van der Waals surface area (Å²) in [7, 11) is 0. The quantitative estimate of drug-likeness (QED) is 0.826. The van der Waals surface area contributed by atoms with Gasteiger partial charge in [-0.25, -0.2) is 0 Å². The Morgan fingerprint density at radius 2 is 2.17 bits per heavy atom. The van der Waals surface area contributed by atoms with Crippen LogP contribution in [0, 0.1) is 11.3 Å². The van der Waals surface area contributed by atoms with Crippen molar-refractivity contribution in [1.29, 1.82) is 0 Å². The van der Waals surface area contributed by atoms with E-state index in [4.69, 9.17) is 5.73 Å². The van der Waals surface area contributed by atoms with E-state index in [2.05, 4.69) is 43.6 Å². The fourth-order valence-electron chi connectivity index (χ4n) is 2.79. The van der Waals surface area contributed by atoms with Crippen LogP contribution in [0.15, 0.2) is 36.2 Å². The smallest absolute Gasteiger partial charge is 0.0323 e. The van der Waals surface area contributed by atoms with Crippen LogP contribution in [-0.2, 0) is 0 Å². The molecule has 1 aliphatic heterocycles.